The first-order valence-electron chi connectivity index (χ1n) is 10.8. The summed E-state index contributed by atoms with van der Waals surface area (Å²) in [4.78, 5) is -0.481. The van der Waals surface area contributed by atoms with Crippen molar-refractivity contribution >= 4 is 10.1 Å². The van der Waals surface area contributed by atoms with Crippen LogP contribution in [-0.2, 0) is 10.1 Å². The lowest BCUT2D eigenvalue weighted by molar-refractivity contribution is 0.433. The molecule has 0 bridgehead atoms. The number of phenolic OH excluding ortho intramolecular Hbond substituents is 1. The molecule has 2 N–H and O–H groups in total. The van der Waals surface area contributed by atoms with E-state index in [-0.39, 0.29) is 11.8 Å². The molecule has 4 aromatic rings. The van der Waals surface area contributed by atoms with Crippen LogP contribution in [0.2, 0.25) is 0 Å². The van der Waals surface area contributed by atoms with E-state index in [1.54, 1.807) is 6.07 Å². The predicted octanol–water partition coefficient (Wildman–Crippen LogP) is 6.63. The zero-order valence-electron chi connectivity index (χ0n) is 18.3. The second-order valence-electron chi connectivity index (χ2n) is 8.23. The monoisotopic (exact) mass is 458 g/mol. The molecular formula is C28H26O4S. The van der Waals surface area contributed by atoms with Gasteiger partial charge in [-0.15, -0.1) is 0 Å². The van der Waals surface area contributed by atoms with Crippen molar-refractivity contribution < 1.29 is 18.1 Å². The minimum Gasteiger partial charge on any atom is -0.506 e. The van der Waals surface area contributed by atoms with Crippen molar-refractivity contribution in [1.82, 2.24) is 0 Å². The lowest BCUT2D eigenvalue weighted by atomic mass is 9.78. The summed E-state index contributed by atoms with van der Waals surface area (Å²) in [5, 5.41) is 11.2. The van der Waals surface area contributed by atoms with Gasteiger partial charge in [-0.1, -0.05) is 104 Å². The van der Waals surface area contributed by atoms with Crippen molar-refractivity contribution in [3.63, 3.8) is 0 Å². The van der Waals surface area contributed by atoms with E-state index in [2.05, 4.69) is 19.1 Å². The van der Waals surface area contributed by atoms with E-state index < -0.39 is 20.8 Å². The van der Waals surface area contributed by atoms with Gasteiger partial charge in [-0.2, -0.15) is 8.42 Å². The van der Waals surface area contributed by atoms with Gasteiger partial charge in [-0.3, -0.25) is 4.55 Å². The van der Waals surface area contributed by atoms with Gasteiger partial charge in [0, 0.05) is 11.5 Å². The van der Waals surface area contributed by atoms with Crippen LogP contribution in [0.3, 0.4) is 0 Å². The summed E-state index contributed by atoms with van der Waals surface area (Å²) in [5.74, 6) is -0.583. The highest BCUT2D eigenvalue weighted by atomic mass is 32.2. The molecule has 4 rings (SSSR count). The second-order valence-corrected chi connectivity index (χ2v) is 9.62. The quantitative estimate of drug-likeness (QED) is 0.305. The summed E-state index contributed by atoms with van der Waals surface area (Å²) in [6.45, 7) is 2.12. The highest BCUT2D eigenvalue weighted by molar-refractivity contribution is 7.86. The second kappa shape index (κ2) is 9.61. The maximum absolute atomic E-state index is 12.1. The van der Waals surface area contributed by atoms with Crippen LogP contribution < -0.4 is 0 Å². The summed E-state index contributed by atoms with van der Waals surface area (Å²) in [6.07, 6.45) is 0.635. The Balaban J connectivity index is 1.95. The van der Waals surface area contributed by atoms with Gasteiger partial charge in [0.1, 0.15) is 10.6 Å². The Hall–Kier alpha value is -3.41. The maximum atomic E-state index is 12.1. The molecule has 5 heteroatoms. The SMILES string of the molecule is CC(CC(c1ccccc1)c1c(-c2ccccc2)ccc(S(=O)(=O)O)c1O)c1ccccc1. The van der Waals surface area contributed by atoms with Gasteiger partial charge < -0.3 is 5.11 Å². The molecule has 0 heterocycles. The average Bonchev–Trinajstić information content (AvgIpc) is 2.83. The first-order valence-corrected chi connectivity index (χ1v) is 12.3. The first kappa shape index (κ1) is 22.8. The van der Waals surface area contributed by atoms with Crippen molar-refractivity contribution in [2.45, 2.75) is 30.1 Å². The molecular weight excluding hydrogens is 432 g/mol. The normalized spacial score (nSPS) is 13.4. The molecule has 0 amide bonds. The van der Waals surface area contributed by atoms with Crippen LogP contribution in [0.15, 0.2) is 108 Å². The molecule has 33 heavy (non-hydrogen) atoms. The van der Waals surface area contributed by atoms with Crippen LogP contribution in [-0.4, -0.2) is 18.1 Å². The lowest BCUT2D eigenvalue weighted by Gasteiger charge is -2.26. The minimum atomic E-state index is -4.60. The van der Waals surface area contributed by atoms with Crippen LogP contribution in [0.1, 0.15) is 41.9 Å². The van der Waals surface area contributed by atoms with Crippen LogP contribution in [0.4, 0.5) is 0 Å². The summed E-state index contributed by atoms with van der Waals surface area (Å²) < 4.78 is 33.9. The number of phenols is 1. The fourth-order valence-electron chi connectivity index (χ4n) is 4.40. The molecule has 4 aromatic carbocycles. The zero-order chi connectivity index (χ0) is 23.4. The maximum Gasteiger partial charge on any atom is 0.298 e. The molecule has 2 unspecified atom stereocenters. The van der Waals surface area contributed by atoms with Crippen LogP contribution in [0.5, 0.6) is 5.75 Å². The van der Waals surface area contributed by atoms with Crippen molar-refractivity contribution in [3.8, 4) is 16.9 Å². The van der Waals surface area contributed by atoms with Gasteiger partial charge >= 0.3 is 0 Å². The van der Waals surface area contributed by atoms with E-state index in [4.69, 9.17) is 0 Å². The standard InChI is InChI=1S/C28H26O4S/c1-20(21-11-5-2-6-12-21)19-25(23-15-9-4-10-16-23)27-24(22-13-7-3-8-14-22)17-18-26(28(27)29)33(30,31)32/h2-18,20,25,29H,19H2,1H3,(H,30,31,32). The van der Waals surface area contributed by atoms with Crippen LogP contribution in [0.25, 0.3) is 11.1 Å². The molecule has 2 atom stereocenters. The first-order chi connectivity index (χ1) is 15.9. The highest BCUT2D eigenvalue weighted by Gasteiger charge is 2.29. The summed E-state index contributed by atoms with van der Waals surface area (Å²) in [6, 6.07) is 32.3. The Morgan fingerprint density at radius 1 is 0.727 bits per heavy atom. The van der Waals surface area contributed by atoms with Crippen LogP contribution >= 0.6 is 0 Å². The Bertz CT molecular complexity index is 1320. The molecule has 0 aromatic heterocycles. The largest absolute Gasteiger partial charge is 0.506 e. The van der Waals surface area contributed by atoms with Crippen molar-refractivity contribution in [2.75, 3.05) is 0 Å². The van der Waals surface area contributed by atoms with Crippen molar-refractivity contribution in [1.29, 1.82) is 0 Å². The van der Waals surface area contributed by atoms with E-state index in [1.165, 1.54) is 6.07 Å². The van der Waals surface area contributed by atoms with Gasteiger partial charge in [-0.05, 0) is 40.7 Å². The number of aromatic hydroxyl groups is 1. The summed E-state index contributed by atoms with van der Waals surface area (Å²) in [5.41, 5.74) is 4.20. The van der Waals surface area contributed by atoms with E-state index in [1.807, 2.05) is 78.9 Å². The summed E-state index contributed by atoms with van der Waals surface area (Å²) >= 11 is 0. The van der Waals surface area contributed by atoms with E-state index in [0.29, 0.717) is 12.0 Å². The van der Waals surface area contributed by atoms with Gasteiger partial charge in [0.05, 0.1) is 0 Å². The molecule has 0 aliphatic rings. The molecule has 0 aliphatic carbocycles. The fourth-order valence-corrected chi connectivity index (χ4v) is 4.99. The third-order valence-electron chi connectivity index (χ3n) is 6.05. The lowest BCUT2D eigenvalue weighted by Crippen LogP contribution is -2.10. The number of rotatable bonds is 7. The van der Waals surface area contributed by atoms with Crippen molar-refractivity contribution in [3.05, 3.63) is 120 Å². The topological polar surface area (TPSA) is 74.6 Å². The van der Waals surface area contributed by atoms with E-state index in [9.17, 15) is 18.1 Å². The van der Waals surface area contributed by atoms with Gasteiger partial charge in [-0.25, -0.2) is 0 Å². The average molecular weight is 459 g/mol. The molecule has 0 radical (unpaired) electrons. The zero-order valence-corrected chi connectivity index (χ0v) is 19.1. The summed E-state index contributed by atoms with van der Waals surface area (Å²) in [7, 11) is -4.60. The highest BCUT2D eigenvalue weighted by Crippen LogP contribution is 2.45. The Kier molecular flexibility index (Phi) is 6.63. The Morgan fingerprint density at radius 3 is 1.79 bits per heavy atom. The molecule has 0 spiro atoms. The smallest absolute Gasteiger partial charge is 0.298 e. The minimum absolute atomic E-state index is 0.133. The van der Waals surface area contributed by atoms with Gasteiger partial charge in [0.15, 0.2) is 0 Å². The molecule has 4 nitrogen and oxygen atoms in total. The Labute approximate surface area is 194 Å². The van der Waals surface area contributed by atoms with Gasteiger partial charge in [0.2, 0.25) is 0 Å². The van der Waals surface area contributed by atoms with Crippen molar-refractivity contribution in [2.24, 2.45) is 0 Å². The molecule has 168 valence electrons. The fraction of sp³-hybridized carbons (Fsp3) is 0.143. The molecule has 0 saturated heterocycles. The third-order valence-corrected chi connectivity index (χ3v) is 6.94. The third kappa shape index (κ3) is 5.00. The number of hydrogen-bond donors (Lipinski definition) is 2. The number of benzene rings is 4. The number of hydrogen-bond acceptors (Lipinski definition) is 3. The Morgan fingerprint density at radius 2 is 1.24 bits per heavy atom. The van der Waals surface area contributed by atoms with Gasteiger partial charge in [0.25, 0.3) is 10.1 Å². The van der Waals surface area contributed by atoms with Crippen LogP contribution in [0, 0.1) is 0 Å². The molecule has 0 fully saturated rings. The van der Waals surface area contributed by atoms with E-state index >= 15 is 0 Å². The molecule has 0 aliphatic heterocycles. The van der Waals surface area contributed by atoms with E-state index in [0.717, 1.165) is 22.3 Å². The molecule has 0 saturated carbocycles. The predicted molar refractivity (Wildman–Crippen MR) is 131 cm³/mol.